The van der Waals surface area contributed by atoms with Crippen LogP contribution in [0, 0.1) is 5.92 Å². The summed E-state index contributed by atoms with van der Waals surface area (Å²) in [5, 5.41) is 13.8. The Labute approximate surface area is 170 Å². The number of benzene rings is 1. The number of β-amino-alcohol motifs (C(OH)–C–C–N with tert-alkyl or cyclic N) is 1. The maximum atomic E-state index is 10.2. The van der Waals surface area contributed by atoms with E-state index in [-0.39, 0.29) is 0 Å². The van der Waals surface area contributed by atoms with Gasteiger partial charge in [0.15, 0.2) is 11.5 Å². The maximum Gasteiger partial charge on any atom is 0.161 e. The average Bonchev–Trinajstić information content (AvgIpc) is 3.40. The smallest absolute Gasteiger partial charge is 0.161 e. The number of hydrogen-bond donors (Lipinski definition) is 2. The van der Waals surface area contributed by atoms with Gasteiger partial charge in [-0.3, -0.25) is 0 Å². The first-order valence-electron chi connectivity index (χ1n) is 11.2. The van der Waals surface area contributed by atoms with Crippen molar-refractivity contribution < 1.29 is 14.6 Å². The Bertz CT molecular complexity index is 569. The van der Waals surface area contributed by atoms with Gasteiger partial charge in [-0.05, 0) is 68.9 Å². The van der Waals surface area contributed by atoms with E-state index in [0.717, 1.165) is 37.8 Å². The molecule has 0 amide bonds. The molecule has 158 valence electrons. The lowest BCUT2D eigenvalue weighted by Crippen LogP contribution is -2.33. The van der Waals surface area contributed by atoms with Crippen molar-refractivity contribution in [3.05, 3.63) is 23.8 Å². The van der Waals surface area contributed by atoms with E-state index in [1.54, 1.807) is 7.11 Å². The summed E-state index contributed by atoms with van der Waals surface area (Å²) in [6.45, 7) is 5.07. The topological polar surface area (TPSA) is 54.0 Å². The molecule has 3 rings (SSSR count). The molecule has 5 heteroatoms. The van der Waals surface area contributed by atoms with Gasteiger partial charge in [0.05, 0.1) is 7.11 Å². The van der Waals surface area contributed by atoms with Crippen molar-refractivity contribution >= 4 is 0 Å². The number of nitrogens with one attached hydrogen (secondary N) is 1. The van der Waals surface area contributed by atoms with Gasteiger partial charge in [0.2, 0.25) is 0 Å². The van der Waals surface area contributed by atoms with Gasteiger partial charge in [-0.15, -0.1) is 0 Å². The number of likely N-dealkylation sites (tertiary alicyclic amines) is 1. The summed E-state index contributed by atoms with van der Waals surface area (Å²) in [6.07, 6.45) is 10.4. The van der Waals surface area contributed by atoms with Gasteiger partial charge in [-0.25, -0.2) is 0 Å². The standard InChI is InChI=1S/C23H38N2O3/c1-27-23-15-20(16-24-12-6-9-19-7-2-3-8-19)10-11-22(23)28-18-21(26)17-25-13-4-5-14-25/h10-11,15,19,21,24,26H,2-9,12-14,16-18H2,1H3/t21-/m0/s1. The number of ether oxygens (including phenoxy) is 2. The summed E-state index contributed by atoms with van der Waals surface area (Å²) in [5.41, 5.74) is 1.20. The highest BCUT2D eigenvalue weighted by Gasteiger charge is 2.17. The monoisotopic (exact) mass is 390 g/mol. The molecule has 0 unspecified atom stereocenters. The third-order valence-corrected chi connectivity index (χ3v) is 6.10. The maximum absolute atomic E-state index is 10.2. The Kier molecular flexibility index (Phi) is 8.90. The summed E-state index contributed by atoms with van der Waals surface area (Å²) in [6, 6.07) is 6.07. The van der Waals surface area contributed by atoms with Gasteiger partial charge in [-0.2, -0.15) is 0 Å². The Hall–Kier alpha value is -1.30. The van der Waals surface area contributed by atoms with Gasteiger partial charge < -0.3 is 24.8 Å². The molecule has 1 aliphatic carbocycles. The van der Waals surface area contributed by atoms with Crippen LogP contribution in [-0.2, 0) is 6.54 Å². The third-order valence-electron chi connectivity index (χ3n) is 6.10. The molecular formula is C23H38N2O3. The van der Waals surface area contributed by atoms with Crippen molar-refractivity contribution in [2.75, 3.05) is 39.9 Å². The molecule has 2 aliphatic rings. The van der Waals surface area contributed by atoms with Crippen LogP contribution in [0.15, 0.2) is 18.2 Å². The highest BCUT2D eigenvalue weighted by atomic mass is 16.5. The van der Waals surface area contributed by atoms with Crippen LogP contribution in [0.25, 0.3) is 0 Å². The normalized spacial score (nSPS) is 19.2. The molecular weight excluding hydrogens is 352 g/mol. The predicted octanol–water partition coefficient (Wildman–Crippen LogP) is 3.59. The first-order valence-corrected chi connectivity index (χ1v) is 11.2. The highest BCUT2D eigenvalue weighted by molar-refractivity contribution is 5.43. The molecule has 2 N–H and O–H groups in total. The van der Waals surface area contributed by atoms with E-state index in [2.05, 4.69) is 16.3 Å². The average molecular weight is 391 g/mol. The minimum absolute atomic E-state index is 0.297. The summed E-state index contributed by atoms with van der Waals surface area (Å²) >= 11 is 0. The molecule has 1 saturated carbocycles. The van der Waals surface area contributed by atoms with Crippen molar-refractivity contribution in [2.24, 2.45) is 5.92 Å². The lowest BCUT2D eigenvalue weighted by molar-refractivity contribution is 0.0747. The fourth-order valence-corrected chi connectivity index (χ4v) is 4.49. The Morgan fingerprint density at radius 3 is 2.68 bits per heavy atom. The van der Waals surface area contributed by atoms with E-state index in [4.69, 9.17) is 9.47 Å². The highest BCUT2D eigenvalue weighted by Crippen LogP contribution is 2.29. The van der Waals surface area contributed by atoms with Crippen LogP contribution in [0.5, 0.6) is 11.5 Å². The number of nitrogens with zero attached hydrogens (tertiary/aromatic N) is 1. The van der Waals surface area contributed by atoms with Gasteiger partial charge in [-0.1, -0.05) is 31.7 Å². The molecule has 0 spiro atoms. The van der Waals surface area contributed by atoms with E-state index in [1.165, 1.54) is 56.9 Å². The molecule has 5 nitrogen and oxygen atoms in total. The number of hydrogen-bond acceptors (Lipinski definition) is 5. The van der Waals surface area contributed by atoms with Crippen LogP contribution in [0.3, 0.4) is 0 Å². The van der Waals surface area contributed by atoms with Crippen molar-refractivity contribution in [3.63, 3.8) is 0 Å². The molecule has 0 radical (unpaired) electrons. The largest absolute Gasteiger partial charge is 0.493 e. The minimum Gasteiger partial charge on any atom is -0.493 e. The fraction of sp³-hybridized carbons (Fsp3) is 0.739. The van der Waals surface area contributed by atoms with Gasteiger partial charge in [0.25, 0.3) is 0 Å². The molecule has 28 heavy (non-hydrogen) atoms. The predicted molar refractivity (Wildman–Crippen MR) is 113 cm³/mol. The van der Waals surface area contributed by atoms with Crippen LogP contribution < -0.4 is 14.8 Å². The summed E-state index contributed by atoms with van der Waals surface area (Å²) in [4.78, 5) is 2.30. The Balaban J connectivity index is 1.37. The molecule has 2 fully saturated rings. The molecule has 0 bridgehead atoms. The van der Waals surface area contributed by atoms with Crippen LogP contribution >= 0.6 is 0 Å². The van der Waals surface area contributed by atoms with Gasteiger partial charge >= 0.3 is 0 Å². The molecule has 1 saturated heterocycles. The van der Waals surface area contributed by atoms with E-state index >= 15 is 0 Å². The molecule has 1 aromatic rings. The molecule has 1 heterocycles. The zero-order chi connectivity index (χ0) is 19.6. The van der Waals surface area contributed by atoms with Crippen molar-refractivity contribution in [1.29, 1.82) is 0 Å². The number of rotatable bonds is 12. The zero-order valence-corrected chi connectivity index (χ0v) is 17.5. The van der Waals surface area contributed by atoms with E-state index in [1.807, 2.05) is 12.1 Å². The van der Waals surface area contributed by atoms with Gasteiger partial charge in [0, 0.05) is 13.1 Å². The van der Waals surface area contributed by atoms with Gasteiger partial charge in [0.1, 0.15) is 12.7 Å². The second-order valence-corrected chi connectivity index (χ2v) is 8.43. The van der Waals surface area contributed by atoms with Crippen LogP contribution in [0.4, 0.5) is 0 Å². The Morgan fingerprint density at radius 2 is 1.93 bits per heavy atom. The van der Waals surface area contributed by atoms with Crippen LogP contribution in [-0.4, -0.2) is 56.0 Å². The summed E-state index contributed by atoms with van der Waals surface area (Å²) in [7, 11) is 1.67. The first-order chi connectivity index (χ1) is 13.7. The summed E-state index contributed by atoms with van der Waals surface area (Å²) < 4.78 is 11.3. The number of methoxy groups -OCH3 is 1. The van der Waals surface area contributed by atoms with Crippen LogP contribution in [0.1, 0.15) is 56.9 Å². The summed E-state index contributed by atoms with van der Waals surface area (Å²) in [5.74, 6) is 2.41. The molecule has 1 atom stereocenters. The van der Waals surface area contributed by atoms with Crippen LogP contribution in [0.2, 0.25) is 0 Å². The quantitative estimate of drug-likeness (QED) is 0.534. The zero-order valence-electron chi connectivity index (χ0n) is 17.5. The van der Waals surface area contributed by atoms with E-state index in [0.29, 0.717) is 18.9 Å². The first kappa shape index (κ1) is 21.4. The van der Waals surface area contributed by atoms with E-state index in [9.17, 15) is 5.11 Å². The second kappa shape index (κ2) is 11.6. The fourth-order valence-electron chi connectivity index (χ4n) is 4.49. The Morgan fingerprint density at radius 1 is 1.14 bits per heavy atom. The lowest BCUT2D eigenvalue weighted by Gasteiger charge is -2.20. The van der Waals surface area contributed by atoms with E-state index < -0.39 is 6.10 Å². The molecule has 0 aromatic heterocycles. The second-order valence-electron chi connectivity index (χ2n) is 8.43. The number of aliphatic hydroxyl groups is 1. The molecule has 1 aliphatic heterocycles. The SMILES string of the molecule is COc1cc(CNCCCC2CCCC2)ccc1OC[C@@H](O)CN1CCCC1. The molecule has 1 aromatic carbocycles. The van der Waals surface area contributed by atoms with Crippen molar-refractivity contribution in [1.82, 2.24) is 10.2 Å². The number of aliphatic hydroxyl groups excluding tert-OH is 1. The minimum atomic E-state index is -0.469. The van der Waals surface area contributed by atoms with Crippen molar-refractivity contribution in [2.45, 2.75) is 64.0 Å². The lowest BCUT2D eigenvalue weighted by atomic mass is 10.0. The third kappa shape index (κ3) is 6.94. The van der Waals surface area contributed by atoms with Crippen molar-refractivity contribution in [3.8, 4) is 11.5 Å².